The van der Waals surface area contributed by atoms with Crippen LogP contribution in [0.3, 0.4) is 0 Å². The summed E-state index contributed by atoms with van der Waals surface area (Å²) in [7, 11) is 5.51. The minimum absolute atomic E-state index is 0.111. The van der Waals surface area contributed by atoms with Crippen LogP contribution in [0, 0.1) is 0 Å². The van der Waals surface area contributed by atoms with Crippen molar-refractivity contribution < 1.29 is 14.7 Å². The first kappa shape index (κ1) is 18.7. The zero-order valence-electron chi connectivity index (χ0n) is 15.7. The summed E-state index contributed by atoms with van der Waals surface area (Å²) in [6.07, 6.45) is 0. The van der Waals surface area contributed by atoms with Gasteiger partial charge < -0.3 is 14.9 Å². The molecule has 3 rings (SSSR count). The number of hydrogen-bond acceptors (Lipinski definition) is 5. The Morgan fingerprint density at radius 1 is 0.926 bits per heavy atom. The Balaban J connectivity index is 2.11. The lowest BCUT2D eigenvalue weighted by molar-refractivity contribution is -0.120. The maximum atomic E-state index is 13.3. The number of benzene rings is 2. The Kier molecular flexibility index (Phi) is 5.28. The summed E-state index contributed by atoms with van der Waals surface area (Å²) in [6.45, 7) is 0.149. The van der Waals surface area contributed by atoms with Gasteiger partial charge in [-0.15, -0.1) is 0 Å². The van der Waals surface area contributed by atoms with Crippen molar-refractivity contribution in [1.29, 1.82) is 0 Å². The van der Waals surface area contributed by atoms with Crippen LogP contribution in [-0.4, -0.2) is 56.1 Å². The highest BCUT2D eigenvalue weighted by atomic mass is 16.3. The lowest BCUT2D eigenvalue weighted by Gasteiger charge is -2.21. The Morgan fingerprint density at radius 2 is 1.63 bits per heavy atom. The van der Waals surface area contributed by atoms with Crippen LogP contribution in [0.25, 0.3) is 5.57 Å². The Labute approximate surface area is 158 Å². The quantitative estimate of drug-likeness (QED) is 0.793. The highest BCUT2D eigenvalue weighted by Crippen LogP contribution is 2.35. The summed E-state index contributed by atoms with van der Waals surface area (Å²) in [5.74, 6) is -0.743. The van der Waals surface area contributed by atoms with Gasteiger partial charge in [-0.2, -0.15) is 0 Å². The third-order valence-corrected chi connectivity index (χ3v) is 4.54. The molecule has 0 unspecified atom stereocenters. The molecule has 0 aromatic heterocycles. The van der Waals surface area contributed by atoms with Gasteiger partial charge in [-0.3, -0.25) is 9.59 Å². The van der Waals surface area contributed by atoms with Crippen LogP contribution in [0.5, 0.6) is 0 Å². The van der Waals surface area contributed by atoms with E-state index in [1.165, 1.54) is 4.90 Å². The van der Waals surface area contributed by atoms with Crippen molar-refractivity contribution in [2.45, 2.75) is 0 Å². The molecule has 0 atom stereocenters. The molecule has 6 nitrogen and oxygen atoms in total. The van der Waals surface area contributed by atoms with Crippen molar-refractivity contribution in [3.8, 4) is 0 Å². The second kappa shape index (κ2) is 7.63. The van der Waals surface area contributed by atoms with Crippen molar-refractivity contribution in [2.24, 2.45) is 0 Å². The first-order valence-electron chi connectivity index (χ1n) is 8.73. The van der Waals surface area contributed by atoms with E-state index in [0.29, 0.717) is 22.5 Å². The largest absolute Gasteiger partial charge is 0.395 e. The Morgan fingerprint density at radius 3 is 2.26 bits per heavy atom. The Hall–Kier alpha value is -3.12. The minimum atomic E-state index is -0.384. The van der Waals surface area contributed by atoms with Gasteiger partial charge in [0.15, 0.2) is 0 Å². The number of amides is 2. The van der Waals surface area contributed by atoms with Gasteiger partial charge in [0.25, 0.3) is 11.8 Å². The smallest absolute Gasteiger partial charge is 0.282 e. The van der Waals surface area contributed by atoms with Crippen molar-refractivity contribution in [1.82, 2.24) is 4.90 Å². The number of nitrogens with zero attached hydrogens (tertiary/aromatic N) is 3. The molecule has 0 spiro atoms. The van der Waals surface area contributed by atoms with Gasteiger partial charge in [0.1, 0.15) is 5.70 Å². The van der Waals surface area contributed by atoms with Gasteiger partial charge in [-0.05, 0) is 23.8 Å². The normalized spacial score (nSPS) is 14.1. The number of aliphatic hydroxyl groups excluding tert-OH is 1. The number of anilines is 2. The molecule has 1 heterocycles. The second-order valence-electron chi connectivity index (χ2n) is 6.59. The SMILES string of the molecule is CN(CCO)C1=C(c2ccccc2)C(=O)N(c2cccc(N(C)C)c2)C1=O. The maximum Gasteiger partial charge on any atom is 0.282 e. The van der Waals surface area contributed by atoms with Crippen LogP contribution in [0.2, 0.25) is 0 Å². The van der Waals surface area contributed by atoms with E-state index < -0.39 is 0 Å². The number of rotatable bonds is 6. The molecule has 0 aliphatic carbocycles. The van der Waals surface area contributed by atoms with Gasteiger partial charge in [0.2, 0.25) is 0 Å². The van der Waals surface area contributed by atoms with Gasteiger partial charge in [-0.1, -0.05) is 36.4 Å². The molecule has 0 fully saturated rings. The number of carbonyl (C=O) groups is 2. The maximum absolute atomic E-state index is 13.3. The molecule has 6 heteroatoms. The molecule has 1 aliphatic rings. The van der Waals surface area contributed by atoms with Gasteiger partial charge in [0.05, 0.1) is 17.9 Å². The van der Waals surface area contributed by atoms with Gasteiger partial charge in [0, 0.05) is 33.4 Å². The van der Waals surface area contributed by atoms with E-state index in [1.807, 2.05) is 67.5 Å². The third-order valence-electron chi connectivity index (χ3n) is 4.54. The summed E-state index contributed by atoms with van der Waals surface area (Å²) >= 11 is 0. The van der Waals surface area contributed by atoms with E-state index in [0.717, 1.165) is 5.69 Å². The number of likely N-dealkylation sites (N-methyl/N-ethyl adjacent to an activating group) is 1. The number of hydrogen-bond donors (Lipinski definition) is 1. The van der Waals surface area contributed by atoms with Crippen molar-refractivity contribution >= 4 is 28.8 Å². The second-order valence-corrected chi connectivity index (χ2v) is 6.59. The lowest BCUT2D eigenvalue weighted by Crippen LogP contribution is -2.35. The van der Waals surface area contributed by atoms with Crippen LogP contribution >= 0.6 is 0 Å². The van der Waals surface area contributed by atoms with Crippen LogP contribution in [0.1, 0.15) is 5.56 Å². The molecular weight excluding hydrogens is 342 g/mol. The summed E-state index contributed by atoms with van der Waals surface area (Å²) in [5, 5.41) is 9.31. The fraction of sp³-hybridized carbons (Fsp3) is 0.238. The van der Waals surface area contributed by atoms with Crippen LogP contribution in [0.4, 0.5) is 11.4 Å². The third kappa shape index (κ3) is 3.44. The summed E-state index contributed by atoms with van der Waals surface area (Å²) < 4.78 is 0. The molecule has 1 N–H and O–H groups in total. The predicted molar refractivity (Wildman–Crippen MR) is 106 cm³/mol. The van der Waals surface area contributed by atoms with Crippen molar-refractivity contribution in [2.75, 3.05) is 44.1 Å². The molecule has 0 saturated heterocycles. The van der Waals surface area contributed by atoms with E-state index in [9.17, 15) is 14.7 Å². The average Bonchev–Trinajstić information content (AvgIpc) is 2.93. The van der Waals surface area contributed by atoms with Gasteiger partial charge in [-0.25, -0.2) is 4.90 Å². The zero-order valence-corrected chi connectivity index (χ0v) is 15.7. The number of imide groups is 1. The fourth-order valence-electron chi connectivity index (χ4n) is 3.14. The molecule has 1 aliphatic heterocycles. The first-order valence-corrected chi connectivity index (χ1v) is 8.73. The van der Waals surface area contributed by atoms with Crippen molar-refractivity contribution in [3.05, 3.63) is 65.9 Å². The van der Waals surface area contributed by atoms with E-state index in [4.69, 9.17) is 0 Å². The lowest BCUT2D eigenvalue weighted by atomic mass is 10.0. The van der Waals surface area contributed by atoms with Crippen molar-refractivity contribution in [3.63, 3.8) is 0 Å². The summed E-state index contributed by atoms with van der Waals surface area (Å²) in [5.41, 5.74) is 2.76. The molecule has 0 saturated carbocycles. The van der Waals surface area contributed by atoms with Crippen LogP contribution in [0.15, 0.2) is 60.3 Å². The number of carbonyl (C=O) groups excluding carboxylic acids is 2. The zero-order chi connectivity index (χ0) is 19.6. The van der Waals surface area contributed by atoms with E-state index in [1.54, 1.807) is 18.0 Å². The van der Waals surface area contributed by atoms with Crippen LogP contribution < -0.4 is 9.80 Å². The summed E-state index contributed by atoms with van der Waals surface area (Å²) in [4.78, 5) is 31.2. The topological polar surface area (TPSA) is 64.1 Å². The first-order chi connectivity index (χ1) is 13.0. The van der Waals surface area contributed by atoms with Crippen LogP contribution in [-0.2, 0) is 9.59 Å². The average molecular weight is 365 g/mol. The predicted octanol–water partition coefficient (Wildman–Crippen LogP) is 1.96. The molecular formula is C21H23N3O3. The highest BCUT2D eigenvalue weighted by Gasteiger charge is 2.41. The molecule has 0 bridgehead atoms. The monoisotopic (exact) mass is 365 g/mol. The molecule has 2 aromatic carbocycles. The number of aliphatic hydroxyl groups is 1. The van der Waals surface area contributed by atoms with E-state index in [-0.39, 0.29) is 25.0 Å². The molecule has 2 amide bonds. The molecule has 2 aromatic rings. The highest BCUT2D eigenvalue weighted by molar-refractivity contribution is 6.45. The van der Waals surface area contributed by atoms with E-state index in [2.05, 4.69) is 0 Å². The Bertz CT molecular complexity index is 891. The minimum Gasteiger partial charge on any atom is -0.395 e. The summed E-state index contributed by atoms with van der Waals surface area (Å²) in [6, 6.07) is 16.5. The van der Waals surface area contributed by atoms with E-state index >= 15 is 0 Å². The fourth-order valence-corrected chi connectivity index (χ4v) is 3.14. The molecule has 0 radical (unpaired) electrons. The van der Waals surface area contributed by atoms with Gasteiger partial charge >= 0.3 is 0 Å². The molecule has 140 valence electrons. The molecule has 27 heavy (non-hydrogen) atoms. The standard InChI is InChI=1S/C21H23N3O3/c1-22(2)16-10-7-11-17(14-16)24-20(26)18(15-8-5-4-6-9-15)19(21(24)27)23(3)12-13-25/h4-11,14,25H,12-13H2,1-3H3.